The number of amides is 1. The molecule has 0 aromatic rings. The summed E-state index contributed by atoms with van der Waals surface area (Å²) in [4.78, 5) is 16.2. The summed E-state index contributed by atoms with van der Waals surface area (Å²) in [6.07, 6.45) is 3.13. The number of rotatable bonds is 3. The van der Waals surface area contributed by atoms with Gasteiger partial charge in [-0.1, -0.05) is 41.5 Å². The maximum absolute atomic E-state index is 11.6. The zero-order valence-electron chi connectivity index (χ0n) is 13.2. The van der Waals surface area contributed by atoms with Crippen LogP contribution in [0.4, 0.5) is 0 Å². The first-order chi connectivity index (χ1) is 8.76. The molecular weight excluding hydrogens is 224 g/mol. The highest BCUT2D eigenvalue weighted by molar-refractivity contribution is 5.77. The number of carbonyl (C=O) groups is 1. The summed E-state index contributed by atoms with van der Waals surface area (Å²) in [5.74, 6) is 0.349. The molecule has 0 aromatic carbocycles. The normalized spacial score (nSPS) is 25.1. The third-order valence-corrected chi connectivity index (χ3v) is 3.40. The summed E-state index contributed by atoms with van der Waals surface area (Å²) in [6.45, 7) is 15.6. The highest BCUT2D eigenvalue weighted by Gasteiger charge is 2.45. The van der Waals surface area contributed by atoms with Crippen LogP contribution < -0.4 is 0 Å². The number of carbonyl (C=O) groups excluding carboxylic acids is 1. The smallest absolute Gasteiger partial charge is 0.222 e. The van der Waals surface area contributed by atoms with Gasteiger partial charge in [-0.15, -0.1) is 0 Å². The minimum atomic E-state index is 0.349. The molecule has 3 saturated heterocycles. The second kappa shape index (κ2) is 9.37. The van der Waals surface area contributed by atoms with Crippen molar-refractivity contribution in [3.63, 3.8) is 0 Å². The summed E-state index contributed by atoms with van der Waals surface area (Å²) in [5, 5.41) is 0. The van der Waals surface area contributed by atoms with Crippen molar-refractivity contribution in [1.29, 1.82) is 0 Å². The van der Waals surface area contributed by atoms with E-state index in [-0.39, 0.29) is 0 Å². The Morgan fingerprint density at radius 3 is 1.94 bits per heavy atom. The first kappa shape index (κ1) is 17.4. The van der Waals surface area contributed by atoms with Gasteiger partial charge in [0.25, 0.3) is 0 Å². The van der Waals surface area contributed by atoms with E-state index in [4.69, 9.17) is 0 Å². The number of piperazine rings is 1. The fourth-order valence-corrected chi connectivity index (χ4v) is 2.79. The first-order valence-electron chi connectivity index (χ1n) is 7.79. The van der Waals surface area contributed by atoms with E-state index in [1.54, 1.807) is 0 Å². The Labute approximate surface area is 114 Å². The van der Waals surface area contributed by atoms with E-state index in [1.165, 1.54) is 19.4 Å². The van der Waals surface area contributed by atoms with Gasteiger partial charge in [0.2, 0.25) is 5.91 Å². The molecule has 0 spiro atoms. The highest BCUT2D eigenvalue weighted by atomic mass is 16.2. The van der Waals surface area contributed by atoms with E-state index in [2.05, 4.69) is 16.7 Å². The van der Waals surface area contributed by atoms with Gasteiger partial charge in [-0.3, -0.25) is 9.69 Å². The van der Waals surface area contributed by atoms with Crippen LogP contribution in [0.25, 0.3) is 0 Å². The Bertz CT molecular complexity index is 219. The lowest BCUT2D eigenvalue weighted by Crippen LogP contribution is -2.70. The number of hydrogen-bond donors (Lipinski definition) is 0. The summed E-state index contributed by atoms with van der Waals surface area (Å²) >= 11 is 0. The number of fused-ring (bicyclic) bond motifs is 2. The predicted octanol–water partition coefficient (Wildman–Crippen LogP) is 3.14. The van der Waals surface area contributed by atoms with Gasteiger partial charge in [-0.05, 0) is 19.4 Å². The highest BCUT2D eigenvalue weighted by Crippen LogP contribution is 2.32. The van der Waals surface area contributed by atoms with Gasteiger partial charge >= 0.3 is 0 Å². The van der Waals surface area contributed by atoms with Crippen molar-refractivity contribution < 1.29 is 4.79 Å². The van der Waals surface area contributed by atoms with Crippen LogP contribution in [0.5, 0.6) is 0 Å². The van der Waals surface area contributed by atoms with Gasteiger partial charge in [0.1, 0.15) is 0 Å². The average molecular weight is 256 g/mol. The van der Waals surface area contributed by atoms with Crippen molar-refractivity contribution in [3.8, 4) is 0 Å². The van der Waals surface area contributed by atoms with Crippen LogP contribution in [-0.2, 0) is 4.79 Å². The van der Waals surface area contributed by atoms with Gasteiger partial charge in [-0.25, -0.2) is 0 Å². The molecule has 0 aromatic heterocycles. The van der Waals surface area contributed by atoms with Crippen molar-refractivity contribution in [1.82, 2.24) is 9.80 Å². The summed E-state index contributed by atoms with van der Waals surface area (Å²) in [6, 6.07) is 1.07. The summed E-state index contributed by atoms with van der Waals surface area (Å²) < 4.78 is 0. The first-order valence-corrected chi connectivity index (χ1v) is 7.79. The van der Waals surface area contributed by atoms with Gasteiger partial charge in [0.05, 0.1) is 0 Å². The molecule has 3 aliphatic heterocycles. The van der Waals surface area contributed by atoms with E-state index in [1.807, 2.05) is 34.6 Å². The largest absolute Gasteiger partial charge is 0.334 e. The van der Waals surface area contributed by atoms with Crippen LogP contribution >= 0.6 is 0 Å². The molecular formula is C15H32N2O. The lowest BCUT2D eigenvalue weighted by atomic mass is 9.87. The molecule has 3 aliphatic rings. The molecule has 0 N–H and O–H groups in total. The van der Waals surface area contributed by atoms with Crippen molar-refractivity contribution in [2.24, 2.45) is 0 Å². The average Bonchev–Trinajstić information content (AvgIpc) is 2.43. The second-order valence-corrected chi connectivity index (χ2v) is 4.46. The molecule has 3 heteroatoms. The maximum Gasteiger partial charge on any atom is 0.222 e. The van der Waals surface area contributed by atoms with E-state index < -0.39 is 0 Å². The monoisotopic (exact) mass is 256 g/mol. The zero-order valence-corrected chi connectivity index (χ0v) is 13.2. The maximum atomic E-state index is 11.6. The Balaban J connectivity index is 0.000000659. The van der Waals surface area contributed by atoms with Crippen molar-refractivity contribution in [3.05, 3.63) is 0 Å². The van der Waals surface area contributed by atoms with E-state index in [0.717, 1.165) is 13.1 Å². The standard InChI is InChI=1S/C11H20N2O.2C2H6/c1-3-5-12-7-9-6-10(8-12)13(9)11(14)4-2;2*1-2/h9-10H,3-8H2,1-2H3;2*1-2H3. The molecule has 0 aliphatic carbocycles. The molecule has 2 atom stereocenters. The number of nitrogens with zero attached hydrogens (tertiary/aromatic N) is 2. The van der Waals surface area contributed by atoms with Crippen molar-refractivity contribution in [2.45, 2.75) is 72.9 Å². The fraction of sp³-hybridized carbons (Fsp3) is 0.933. The molecule has 2 unspecified atom stereocenters. The quantitative estimate of drug-likeness (QED) is 0.774. The van der Waals surface area contributed by atoms with Crippen molar-refractivity contribution >= 4 is 5.91 Å². The minimum Gasteiger partial charge on any atom is -0.334 e. The molecule has 0 saturated carbocycles. The Morgan fingerprint density at radius 2 is 1.56 bits per heavy atom. The van der Waals surface area contributed by atoms with Crippen LogP contribution in [0.2, 0.25) is 0 Å². The van der Waals surface area contributed by atoms with Gasteiger partial charge in [0.15, 0.2) is 0 Å². The molecule has 3 heterocycles. The lowest BCUT2D eigenvalue weighted by molar-refractivity contribution is -0.153. The molecule has 2 bridgehead atoms. The van der Waals surface area contributed by atoms with Crippen molar-refractivity contribution in [2.75, 3.05) is 19.6 Å². The second-order valence-electron chi connectivity index (χ2n) is 4.46. The number of hydrogen-bond acceptors (Lipinski definition) is 2. The van der Waals surface area contributed by atoms with E-state index in [9.17, 15) is 4.79 Å². The molecule has 18 heavy (non-hydrogen) atoms. The molecule has 108 valence electrons. The summed E-state index contributed by atoms with van der Waals surface area (Å²) in [5.41, 5.74) is 0. The third-order valence-electron chi connectivity index (χ3n) is 3.40. The predicted molar refractivity (Wildman–Crippen MR) is 78.8 cm³/mol. The fourth-order valence-electron chi connectivity index (χ4n) is 2.79. The Morgan fingerprint density at radius 1 is 1.06 bits per heavy atom. The molecule has 3 nitrogen and oxygen atoms in total. The van der Waals surface area contributed by atoms with Gasteiger partial charge < -0.3 is 4.90 Å². The van der Waals surface area contributed by atoms with E-state index >= 15 is 0 Å². The Hall–Kier alpha value is -0.570. The number of piperidine rings is 1. The van der Waals surface area contributed by atoms with Gasteiger partial charge in [-0.2, -0.15) is 0 Å². The SMILES string of the molecule is CC.CC.CCCN1CC2CC(C1)N2C(=O)CC. The van der Waals surface area contributed by atoms with Crippen LogP contribution in [-0.4, -0.2) is 47.4 Å². The lowest BCUT2D eigenvalue weighted by Gasteiger charge is -2.56. The van der Waals surface area contributed by atoms with Crippen LogP contribution in [0.3, 0.4) is 0 Å². The minimum absolute atomic E-state index is 0.349. The van der Waals surface area contributed by atoms with E-state index in [0.29, 0.717) is 24.4 Å². The van der Waals surface area contributed by atoms with Gasteiger partial charge in [0, 0.05) is 31.6 Å². The summed E-state index contributed by atoms with van der Waals surface area (Å²) in [7, 11) is 0. The third kappa shape index (κ3) is 3.98. The zero-order chi connectivity index (χ0) is 14.1. The molecule has 3 rings (SSSR count). The Kier molecular flexibility index (Phi) is 9.08. The molecule has 1 amide bonds. The van der Waals surface area contributed by atoms with Crippen LogP contribution in [0.15, 0.2) is 0 Å². The molecule has 0 radical (unpaired) electrons. The molecule has 3 fully saturated rings. The topological polar surface area (TPSA) is 23.6 Å². The van der Waals surface area contributed by atoms with Crippen LogP contribution in [0, 0.1) is 0 Å². The van der Waals surface area contributed by atoms with Crippen LogP contribution in [0.1, 0.15) is 60.8 Å².